The first-order chi connectivity index (χ1) is 15.0. The van der Waals surface area contributed by atoms with Gasteiger partial charge in [-0.05, 0) is 37.3 Å². The van der Waals surface area contributed by atoms with Crippen LogP contribution in [0.3, 0.4) is 0 Å². The summed E-state index contributed by atoms with van der Waals surface area (Å²) in [5, 5.41) is 22.6. The van der Waals surface area contributed by atoms with Gasteiger partial charge in [-0.1, -0.05) is 41.2 Å². The molecule has 156 valence electrons. The topological polar surface area (TPSA) is 120 Å². The zero-order valence-electron chi connectivity index (χ0n) is 16.3. The van der Waals surface area contributed by atoms with E-state index < -0.39 is 10.8 Å². The van der Waals surface area contributed by atoms with E-state index in [0.717, 1.165) is 5.56 Å². The number of nitro benzene ring substituents is 1. The molecule has 0 aliphatic carbocycles. The van der Waals surface area contributed by atoms with E-state index in [-0.39, 0.29) is 34.5 Å². The summed E-state index contributed by atoms with van der Waals surface area (Å²) in [4.78, 5) is 23.2. The lowest BCUT2D eigenvalue weighted by atomic mass is 10.1. The third-order valence-electron chi connectivity index (χ3n) is 4.27. The molecule has 2 heterocycles. The van der Waals surface area contributed by atoms with Crippen molar-refractivity contribution in [1.29, 1.82) is 0 Å². The fourth-order valence-electron chi connectivity index (χ4n) is 2.75. The number of aromatic nitrogens is 2. The van der Waals surface area contributed by atoms with E-state index in [0.29, 0.717) is 10.8 Å². The van der Waals surface area contributed by atoms with Gasteiger partial charge < -0.3 is 9.15 Å². The summed E-state index contributed by atoms with van der Waals surface area (Å²) >= 11 is 1.18. The van der Waals surface area contributed by atoms with Crippen LogP contribution in [0.1, 0.15) is 21.1 Å². The maximum atomic E-state index is 12.5. The lowest BCUT2D eigenvalue weighted by Gasteiger charge is -2.03. The highest BCUT2D eigenvalue weighted by atomic mass is 32.1. The minimum Gasteiger partial charge on any atom is -0.486 e. The minimum atomic E-state index is -0.535. The van der Waals surface area contributed by atoms with Crippen LogP contribution in [0.15, 0.2) is 65.1 Å². The molecule has 2 aromatic heterocycles. The highest BCUT2D eigenvalue weighted by Crippen LogP contribution is 2.31. The molecule has 0 radical (unpaired) electrons. The number of para-hydroxylation sites is 1. The number of amides is 1. The average molecular weight is 436 g/mol. The Morgan fingerprint density at radius 3 is 2.68 bits per heavy atom. The van der Waals surface area contributed by atoms with Gasteiger partial charge in [0.2, 0.25) is 5.13 Å². The predicted molar refractivity (Wildman–Crippen MR) is 114 cm³/mol. The lowest BCUT2D eigenvalue weighted by molar-refractivity contribution is -0.384. The Bertz CT molecular complexity index is 1230. The quantitative estimate of drug-likeness (QED) is 0.325. The Morgan fingerprint density at radius 1 is 1.13 bits per heavy atom. The first-order valence-electron chi connectivity index (χ1n) is 9.16. The molecule has 0 aliphatic heterocycles. The van der Waals surface area contributed by atoms with Gasteiger partial charge in [0.05, 0.1) is 10.5 Å². The molecule has 31 heavy (non-hydrogen) atoms. The van der Waals surface area contributed by atoms with Gasteiger partial charge in [0.25, 0.3) is 11.6 Å². The van der Waals surface area contributed by atoms with Gasteiger partial charge in [-0.2, -0.15) is 0 Å². The van der Waals surface area contributed by atoms with Gasteiger partial charge in [-0.3, -0.25) is 20.2 Å². The molecule has 1 amide bonds. The molecular formula is C21H16N4O5S. The summed E-state index contributed by atoms with van der Waals surface area (Å²) in [6.45, 7) is 2.21. The van der Waals surface area contributed by atoms with Crippen molar-refractivity contribution in [2.45, 2.75) is 13.5 Å². The molecular weight excluding hydrogens is 420 g/mol. The highest BCUT2D eigenvalue weighted by molar-refractivity contribution is 7.15. The number of hydrogen-bond acceptors (Lipinski definition) is 8. The lowest BCUT2D eigenvalue weighted by Crippen LogP contribution is -2.10. The SMILES string of the molecule is Cc1ccc(OCc2nnc(NC(=O)c3ccc(-c4ccccc4[N+](=O)[O-])o3)s2)cc1. The molecule has 0 atom stereocenters. The number of furan rings is 1. The van der Waals surface area contributed by atoms with Crippen LogP contribution >= 0.6 is 11.3 Å². The second-order valence-electron chi connectivity index (χ2n) is 6.49. The van der Waals surface area contributed by atoms with E-state index in [2.05, 4.69) is 15.5 Å². The third-order valence-corrected chi connectivity index (χ3v) is 5.08. The molecule has 0 fully saturated rings. The maximum Gasteiger partial charge on any atom is 0.293 e. The number of aryl methyl sites for hydroxylation is 1. The van der Waals surface area contributed by atoms with Crippen LogP contribution < -0.4 is 10.1 Å². The van der Waals surface area contributed by atoms with Crippen LogP contribution in [0, 0.1) is 17.0 Å². The number of carbonyl (C=O) groups excluding carboxylic acids is 1. The van der Waals surface area contributed by atoms with Crippen LogP contribution in [0.5, 0.6) is 5.75 Å². The molecule has 0 aliphatic rings. The highest BCUT2D eigenvalue weighted by Gasteiger charge is 2.20. The van der Waals surface area contributed by atoms with E-state index >= 15 is 0 Å². The number of rotatable bonds is 7. The van der Waals surface area contributed by atoms with Crippen LogP contribution in [0.4, 0.5) is 10.8 Å². The van der Waals surface area contributed by atoms with Gasteiger partial charge >= 0.3 is 0 Å². The van der Waals surface area contributed by atoms with Gasteiger partial charge in [-0.25, -0.2) is 0 Å². The number of anilines is 1. The van der Waals surface area contributed by atoms with Crippen molar-refractivity contribution in [2.75, 3.05) is 5.32 Å². The summed E-state index contributed by atoms with van der Waals surface area (Å²) < 4.78 is 11.2. The summed E-state index contributed by atoms with van der Waals surface area (Å²) in [5.74, 6) is 0.402. The van der Waals surface area contributed by atoms with Crippen molar-refractivity contribution in [3.8, 4) is 17.1 Å². The molecule has 10 heteroatoms. The van der Waals surface area contributed by atoms with Gasteiger partial charge in [-0.15, -0.1) is 10.2 Å². The van der Waals surface area contributed by atoms with Crippen molar-refractivity contribution < 1.29 is 18.9 Å². The molecule has 0 saturated carbocycles. The first-order valence-corrected chi connectivity index (χ1v) is 9.98. The van der Waals surface area contributed by atoms with Crippen LogP contribution in [0.2, 0.25) is 0 Å². The number of carbonyl (C=O) groups is 1. The van der Waals surface area contributed by atoms with E-state index in [1.807, 2.05) is 31.2 Å². The number of nitro groups is 1. The van der Waals surface area contributed by atoms with Crippen LogP contribution in [0.25, 0.3) is 11.3 Å². The zero-order valence-corrected chi connectivity index (χ0v) is 17.1. The molecule has 1 N–H and O–H groups in total. The molecule has 4 rings (SSSR count). The molecule has 0 unspecified atom stereocenters. The van der Waals surface area contributed by atoms with Crippen molar-refractivity contribution in [3.05, 3.63) is 87.1 Å². The standard InChI is InChI=1S/C21H16N4O5S/c1-13-6-8-14(9-7-13)29-12-19-23-24-21(31-19)22-20(26)18-11-10-17(30-18)15-4-2-3-5-16(15)25(27)28/h2-11H,12H2,1H3,(H,22,24,26). The second kappa shape index (κ2) is 8.76. The number of nitrogens with one attached hydrogen (secondary N) is 1. The van der Waals surface area contributed by atoms with Gasteiger partial charge in [0, 0.05) is 6.07 Å². The maximum absolute atomic E-state index is 12.5. The molecule has 0 saturated heterocycles. The van der Waals surface area contributed by atoms with Crippen LogP contribution in [-0.4, -0.2) is 21.0 Å². The third kappa shape index (κ3) is 4.75. The smallest absolute Gasteiger partial charge is 0.293 e. The number of benzene rings is 2. The van der Waals surface area contributed by atoms with Crippen molar-refractivity contribution in [1.82, 2.24) is 10.2 Å². The summed E-state index contributed by atoms with van der Waals surface area (Å²) in [7, 11) is 0. The number of nitrogens with zero attached hydrogens (tertiary/aromatic N) is 3. The van der Waals surface area contributed by atoms with Crippen molar-refractivity contribution >= 4 is 28.1 Å². The Hall–Kier alpha value is -4.05. The van der Waals surface area contributed by atoms with Gasteiger partial charge in [0.1, 0.15) is 18.1 Å². The fourth-order valence-corrected chi connectivity index (χ4v) is 3.39. The monoisotopic (exact) mass is 436 g/mol. The minimum absolute atomic E-state index is 0.000747. The molecule has 4 aromatic rings. The van der Waals surface area contributed by atoms with E-state index in [9.17, 15) is 14.9 Å². The Morgan fingerprint density at radius 2 is 1.90 bits per heavy atom. The Kier molecular flexibility index (Phi) is 5.72. The zero-order chi connectivity index (χ0) is 21.8. The van der Waals surface area contributed by atoms with E-state index in [1.165, 1.54) is 29.5 Å². The molecule has 2 aromatic carbocycles. The Balaban J connectivity index is 1.40. The largest absolute Gasteiger partial charge is 0.486 e. The van der Waals surface area contributed by atoms with Crippen molar-refractivity contribution in [3.63, 3.8) is 0 Å². The van der Waals surface area contributed by atoms with E-state index in [4.69, 9.17) is 9.15 Å². The number of ether oxygens (including phenoxy) is 1. The predicted octanol–water partition coefficient (Wildman–Crippen LogP) is 4.85. The fraction of sp³-hybridized carbons (Fsp3) is 0.0952. The summed E-state index contributed by atoms with van der Waals surface area (Å²) in [6, 6.07) is 16.7. The number of hydrogen-bond donors (Lipinski definition) is 1. The average Bonchev–Trinajstić information content (AvgIpc) is 3.43. The normalized spacial score (nSPS) is 10.6. The van der Waals surface area contributed by atoms with Crippen molar-refractivity contribution in [2.24, 2.45) is 0 Å². The van der Waals surface area contributed by atoms with Gasteiger partial charge in [0.15, 0.2) is 10.8 Å². The van der Waals surface area contributed by atoms with Crippen LogP contribution in [-0.2, 0) is 6.61 Å². The molecule has 9 nitrogen and oxygen atoms in total. The summed E-state index contributed by atoms with van der Waals surface area (Å²) in [6.07, 6.45) is 0. The Labute approximate surface area is 180 Å². The molecule has 0 spiro atoms. The summed E-state index contributed by atoms with van der Waals surface area (Å²) in [5.41, 5.74) is 1.32. The first kappa shape index (κ1) is 20.2. The van der Waals surface area contributed by atoms with E-state index in [1.54, 1.807) is 18.2 Å². The second-order valence-corrected chi connectivity index (χ2v) is 7.56. The molecule has 0 bridgehead atoms.